The number of hydrogen-bond acceptors (Lipinski definition) is 3. The number of allylic oxidation sites excluding steroid dienone is 1. The molecule has 1 saturated heterocycles. The van der Waals surface area contributed by atoms with Crippen LogP contribution in [0.15, 0.2) is 24.0 Å². The number of aliphatic carboxylic acids is 1. The van der Waals surface area contributed by atoms with Crippen LogP contribution in [-0.2, 0) is 14.3 Å². The van der Waals surface area contributed by atoms with Gasteiger partial charge in [0, 0.05) is 0 Å². The Morgan fingerprint density at radius 1 is 1.85 bits per heavy atom. The Morgan fingerprint density at radius 3 is 3.15 bits per heavy atom. The van der Waals surface area contributed by atoms with Crippen LogP contribution in [0.4, 0.5) is 0 Å². The number of carboxylic acid groups (broad SMARTS) is 1. The fourth-order valence-electron chi connectivity index (χ4n) is 1.38. The van der Waals surface area contributed by atoms with Crippen molar-refractivity contribution in [3.8, 4) is 0 Å². The second-order valence-corrected chi connectivity index (χ2v) is 2.97. The van der Waals surface area contributed by atoms with E-state index in [0.29, 0.717) is 12.4 Å². The molecule has 2 rings (SSSR count). The van der Waals surface area contributed by atoms with E-state index in [0.717, 1.165) is 0 Å². The first-order valence-electron chi connectivity index (χ1n) is 4.14. The van der Waals surface area contributed by atoms with Gasteiger partial charge in [-0.25, -0.2) is 4.79 Å². The Labute approximate surface area is 75.5 Å². The number of fused-ring (bicyclic) bond motifs is 1. The van der Waals surface area contributed by atoms with Gasteiger partial charge in [-0.2, -0.15) is 0 Å². The predicted molar refractivity (Wildman–Crippen MR) is 44.1 cm³/mol. The summed E-state index contributed by atoms with van der Waals surface area (Å²) in [6.07, 6.45) is 4.51. The third kappa shape index (κ3) is 1.14. The minimum absolute atomic E-state index is 0.350. The molecule has 70 valence electrons. The van der Waals surface area contributed by atoms with Crippen molar-refractivity contribution in [3.63, 3.8) is 0 Å². The van der Waals surface area contributed by atoms with Crippen LogP contribution in [0.2, 0.25) is 0 Å². The van der Waals surface area contributed by atoms with Gasteiger partial charge in [0.05, 0.1) is 6.61 Å². The average molecular weight is 182 g/mol. The van der Waals surface area contributed by atoms with Crippen LogP contribution >= 0.6 is 0 Å². The third-order valence-corrected chi connectivity index (χ3v) is 2.14. The first-order chi connectivity index (χ1) is 6.19. The lowest BCUT2D eigenvalue weighted by Gasteiger charge is -2.08. The molecule has 2 aliphatic rings. The van der Waals surface area contributed by atoms with Crippen molar-refractivity contribution in [2.45, 2.75) is 18.6 Å². The van der Waals surface area contributed by atoms with E-state index in [1.54, 1.807) is 12.2 Å². The molecule has 0 saturated carbocycles. The number of rotatable bonds is 3. The molecular weight excluding hydrogens is 172 g/mol. The van der Waals surface area contributed by atoms with Crippen molar-refractivity contribution in [1.29, 1.82) is 0 Å². The lowest BCUT2D eigenvalue weighted by molar-refractivity contribution is -0.141. The lowest BCUT2D eigenvalue weighted by atomic mass is 10.0. The standard InChI is InChI=1S/C9H10O4/c1-2-12-6-3-4-9(8(10)11)7(5-6)13-9/h3-5,7H,2H2,1H3,(H,10,11). The predicted octanol–water partition coefficient (Wildman–Crippen LogP) is 0.699. The fourth-order valence-corrected chi connectivity index (χ4v) is 1.38. The zero-order valence-corrected chi connectivity index (χ0v) is 7.19. The first-order valence-corrected chi connectivity index (χ1v) is 4.14. The van der Waals surface area contributed by atoms with Crippen molar-refractivity contribution in [1.82, 2.24) is 0 Å². The minimum Gasteiger partial charge on any atom is -0.494 e. The topological polar surface area (TPSA) is 59.1 Å². The molecule has 0 amide bonds. The summed E-state index contributed by atoms with van der Waals surface area (Å²) in [4.78, 5) is 10.7. The van der Waals surface area contributed by atoms with Crippen molar-refractivity contribution in [3.05, 3.63) is 24.0 Å². The Hall–Kier alpha value is -1.29. The Balaban J connectivity index is 2.12. The van der Waals surface area contributed by atoms with Crippen LogP contribution in [-0.4, -0.2) is 29.4 Å². The molecule has 0 spiro atoms. The van der Waals surface area contributed by atoms with E-state index in [-0.39, 0.29) is 6.10 Å². The number of carboxylic acids is 1. The van der Waals surface area contributed by atoms with Gasteiger partial charge in [-0.15, -0.1) is 0 Å². The molecule has 1 heterocycles. The zero-order valence-electron chi connectivity index (χ0n) is 7.19. The molecule has 0 aromatic heterocycles. The summed E-state index contributed by atoms with van der Waals surface area (Å²) in [7, 11) is 0. The van der Waals surface area contributed by atoms with E-state index in [4.69, 9.17) is 14.6 Å². The molecular formula is C9H10O4. The zero-order chi connectivity index (χ0) is 9.47. The van der Waals surface area contributed by atoms with Crippen LogP contribution in [0.25, 0.3) is 0 Å². The molecule has 2 atom stereocenters. The highest BCUT2D eigenvalue weighted by atomic mass is 16.6. The number of ether oxygens (including phenoxy) is 2. The molecule has 1 aliphatic carbocycles. The second-order valence-electron chi connectivity index (χ2n) is 2.97. The van der Waals surface area contributed by atoms with E-state index < -0.39 is 11.6 Å². The molecule has 0 aromatic rings. The van der Waals surface area contributed by atoms with E-state index in [1.165, 1.54) is 6.08 Å². The third-order valence-electron chi connectivity index (χ3n) is 2.14. The van der Waals surface area contributed by atoms with E-state index in [9.17, 15) is 4.79 Å². The highest BCUT2D eigenvalue weighted by molar-refractivity contribution is 5.85. The van der Waals surface area contributed by atoms with Crippen LogP contribution in [0.3, 0.4) is 0 Å². The van der Waals surface area contributed by atoms with E-state index in [2.05, 4.69) is 0 Å². The Kier molecular flexibility index (Phi) is 1.66. The minimum atomic E-state index is -1.10. The summed E-state index contributed by atoms with van der Waals surface area (Å²) in [6, 6.07) is 0. The molecule has 0 bridgehead atoms. The largest absolute Gasteiger partial charge is 0.494 e. The van der Waals surface area contributed by atoms with Gasteiger partial charge < -0.3 is 14.6 Å². The molecule has 13 heavy (non-hydrogen) atoms. The van der Waals surface area contributed by atoms with Crippen molar-refractivity contribution in [2.75, 3.05) is 6.61 Å². The molecule has 0 aromatic carbocycles. The molecule has 1 aliphatic heterocycles. The van der Waals surface area contributed by atoms with Gasteiger partial charge in [-0.1, -0.05) is 0 Å². The molecule has 4 heteroatoms. The first kappa shape index (κ1) is 8.31. The van der Waals surface area contributed by atoms with Gasteiger partial charge in [-0.3, -0.25) is 0 Å². The van der Waals surface area contributed by atoms with Gasteiger partial charge in [0.1, 0.15) is 11.9 Å². The van der Waals surface area contributed by atoms with Gasteiger partial charge in [0.2, 0.25) is 5.60 Å². The Bertz CT molecular complexity index is 305. The second kappa shape index (κ2) is 2.60. The summed E-state index contributed by atoms with van der Waals surface area (Å²) in [5.41, 5.74) is -1.10. The maximum atomic E-state index is 10.7. The van der Waals surface area contributed by atoms with Crippen LogP contribution in [0, 0.1) is 0 Å². The number of carbonyl (C=O) groups is 1. The quantitative estimate of drug-likeness (QED) is 0.652. The summed E-state index contributed by atoms with van der Waals surface area (Å²) in [5.74, 6) is -0.262. The SMILES string of the molecule is CCOC1=CC2OC2(C(=O)O)C=C1. The number of epoxide rings is 1. The van der Waals surface area contributed by atoms with Crippen molar-refractivity contribution in [2.24, 2.45) is 0 Å². The van der Waals surface area contributed by atoms with Crippen LogP contribution in [0.1, 0.15) is 6.92 Å². The highest BCUT2D eigenvalue weighted by Gasteiger charge is 2.61. The summed E-state index contributed by atoms with van der Waals surface area (Å²) < 4.78 is 10.3. The summed E-state index contributed by atoms with van der Waals surface area (Å²) in [6.45, 7) is 2.45. The van der Waals surface area contributed by atoms with E-state index in [1.807, 2.05) is 6.92 Å². The monoisotopic (exact) mass is 182 g/mol. The summed E-state index contributed by atoms with van der Waals surface area (Å²) in [5, 5.41) is 8.81. The maximum Gasteiger partial charge on any atom is 0.343 e. The molecule has 1 N–H and O–H groups in total. The Morgan fingerprint density at radius 2 is 2.62 bits per heavy atom. The van der Waals surface area contributed by atoms with Crippen LogP contribution < -0.4 is 0 Å². The maximum absolute atomic E-state index is 10.7. The van der Waals surface area contributed by atoms with Gasteiger partial charge in [0.15, 0.2) is 0 Å². The smallest absolute Gasteiger partial charge is 0.343 e. The molecule has 2 unspecified atom stereocenters. The average Bonchev–Trinajstić information content (AvgIpc) is 2.79. The normalized spacial score (nSPS) is 34.8. The molecule has 0 radical (unpaired) electrons. The number of hydrogen-bond donors (Lipinski definition) is 1. The fraction of sp³-hybridized carbons (Fsp3) is 0.444. The molecule has 4 nitrogen and oxygen atoms in total. The molecule has 1 fully saturated rings. The summed E-state index contributed by atoms with van der Waals surface area (Å²) >= 11 is 0. The van der Waals surface area contributed by atoms with Crippen LogP contribution in [0.5, 0.6) is 0 Å². The van der Waals surface area contributed by atoms with Gasteiger partial charge in [0.25, 0.3) is 0 Å². The van der Waals surface area contributed by atoms with Crippen molar-refractivity contribution >= 4 is 5.97 Å². The van der Waals surface area contributed by atoms with Gasteiger partial charge in [-0.05, 0) is 25.2 Å². The van der Waals surface area contributed by atoms with Gasteiger partial charge >= 0.3 is 5.97 Å². The van der Waals surface area contributed by atoms with Crippen molar-refractivity contribution < 1.29 is 19.4 Å². The highest BCUT2D eigenvalue weighted by Crippen LogP contribution is 2.42. The lowest BCUT2D eigenvalue weighted by Crippen LogP contribution is -2.25. The van der Waals surface area contributed by atoms with E-state index >= 15 is 0 Å².